The third-order valence-corrected chi connectivity index (χ3v) is 11.7. The van der Waals surface area contributed by atoms with Crippen molar-refractivity contribution in [2.75, 3.05) is 37.7 Å². The summed E-state index contributed by atoms with van der Waals surface area (Å²) in [6, 6.07) is 4.42. The molecule has 55 heavy (non-hydrogen) atoms. The van der Waals surface area contributed by atoms with Crippen LogP contribution in [0, 0.1) is 24.0 Å². The zero-order chi connectivity index (χ0) is 38.2. The Labute approximate surface area is 313 Å². The molecule has 9 rings (SSSR count). The van der Waals surface area contributed by atoms with Gasteiger partial charge in [0.15, 0.2) is 11.6 Å². The smallest absolute Gasteiger partial charge is 0.319 e. The Morgan fingerprint density at radius 2 is 1.95 bits per heavy atom. The number of phenolic OH excluding ortho intramolecular Hbond substituents is 1. The number of anilines is 1. The molecule has 0 spiro atoms. The quantitative estimate of drug-likeness (QED) is 0.127. The van der Waals surface area contributed by atoms with Crippen molar-refractivity contribution in [2.45, 2.75) is 55.9 Å². The second kappa shape index (κ2) is 13.2. The third kappa shape index (κ3) is 5.81. The Morgan fingerprint density at radius 1 is 1.15 bits per heavy atom. The minimum absolute atomic E-state index is 0.0655. The van der Waals surface area contributed by atoms with Crippen molar-refractivity contribution >= 4 is 39.5 Å². The Balaban J connectivity index is 1.12. The summed E-state index contributed by atoms with van der Waals surface area (Å²) in [6.45, 7) is 1.68. The summed E-state index contributed by atoms with van der Waals surface area (Å²) in [6.07, 6.45) is 13.6. The Kier molecular flexibility index (Phi) is 8.41. The second-order valence-corrected chi connectivity index (χ2v) is 14.9. The number of benzene rings is 2. The number of pyridine rings is 1. The summed E-state index contributed by atoms with van der Waals surface area (Å²) < 4.78 is 69.9. The van der Waals surface area contributed by atoms with Crippen molar-refractivity contribution in [3.8, 4) is 35.4 Å². The monoisotopic (exact) mass is 752 g/mol. The lowest BCUT2D eigenvalue weighted by Gasteiger charge is -2.41. The number of aromatic hydroxyl groups is 1. The summed E-state index contributed by atoms with van der Waals surface area (Å²) in [5.74, 6) is -0.464. The molecule has 5 aromatic rings. The minimum Gasteiger partial charge on any atom is -0.508 e. The number of ether oxygens (including phenoxy) is 1. The van der Waals surface area contributed by atoms with Crippen molar-refractivity contribution in [1.29, 1.82) is 0 Å². The van der Waals surface area contributed by atoms with Crippen LogP contribution in [0.4, 0.5) is 23.4 Å². The maximum absolute atomic E-state index is 17.1. The fourth-order valence-corrected chi connectivity index (χ4v) is 9.14. The van der Waals surface area contributed by atoms with Gasteiger partial charge in [0.05, 0.1) is 28.6 Å². The lowest BCUT2D eigenvalue weighted by atomic mass is 9.95. The highest BCUT2D eigenvalue weighted by Crippen LogP contribution is 2.43. The number of amides is 1. The number of hydrogen-bond donors (Lipinski definition) is 1. The predicted octanol–water partition coefficient (Wildman–Crippen LogP) is 5.69. The minimum atomic E-state index is -0.990. The van der Waals surface area contributed by atoms with Crippen LogP contribution < -0.4 is 9.64 Å². The van der Waals surface area contributed by atoms with Gasteiger partial charge in [-0.05, 0) is 55.8 Å². The molecule has 1 N–H and O–H groups in total. The Bertz CT molecular complexity index is 2450. The van der Waals surface area contributed by atoms with E-state index in [9.17, 15) is 18.7 Å². The maximum Gasteiger partial charge on any atom is 0.319 e. The van der Waals surface area contributed by atoms with E-state index in [1.165, 1.54) is 36.7 Å². The van der Waals surface area contributed by atoms with E-state index in [1.54, 1.807) is 22.7 Å². The second-order valence-electron chi connectivity index (χ2n) is 14.9. The number of terminal acetylenes is 1. The van der Waals surface area contributed by atoms with E-state index < -0.39 is 35.1 Å². The first-order valence-electron chi connectivity index (χ1n) is 18.3. The van der Waals surface area contributed by atoms with Gasteiger partial charge in [-0.25, -0.2) is 22.5 Å². The zero-order valence-electron chi connectivity index (χ0n) is 29.9. The Morgan fingerprint density at radius 3 is 2.69 bits per heavy atom. The molecule has 4 aliphatic rings. The highest BCUT2D eigenvalue weighted by molar-refractivity contribution is 6.03. The number of nitrogens with zero attached hydrogens (tertiary/aromatic N) is 8. The number of aryl methyl sites for hydroxylation is 1. The van der Waals surface area contributed by atoms with Crippen molar-refractivity contribution in [2.24, 2.45) is 7.05 Å². The molecule has 11 nitrogen and oxygen atoms in total. The number of rotatable bonds is 7. The molecule has 282 valence electrons. The summed E-state index contributed by atoms with van der Waals surface area (Å²) in [5, 5.41) is 11.4. The highest BCUT2D eigenvalue weighted by Gasteiger charge is 2.50. The van der Waals surface area contributed by atoms with Crippen LogP contribution in [0.25, 0.3) is 39.0 Å². The first-order valence-corrected chi connectivity index (χ1v) is 18.3. The standard InChI is InChI=1S/C40H36F4N8O3/c1-3-27-30(42)8-5-22-13-26(53)14-28(33(22)27)35-34(44)36-29(17-46-35)37(48-39(47-36)55-21-40-9-4-11-51(40)18-23(41)16-40)50-19-24-6-7-25(20-50)52(24)38(54)31(43)15-32-45-10-12-49(32)2/h1,5,8,10,12-15,17,23-25,53H,4,6-7,9,11,16,18-21H2,2H3/b31-15-/t23-,24-,25+,40+/m1/s1. The highest BCUT2D eigenvalue weighted by atomic mass is 19.1. The van der Waals surface area contributed by atoms with Crippen LogP contribution in [0.5, 0.6) is 11.8 Å². The lowest BCUT2D eigenvalue weighted by Crippen LogP contribution is -2.56. The van der Waals surface area contributed by atoms with Crippen LogP contribution in [-0.2, 0) is 11.8 Å². The van der Waals surface area contributed by atoms with Crippen LogP contribution in [0.1, 0.15) is 43.5 Å². The van der Waals surface area contributed by atoms with Crippen LogP contribution in [0.2, 0.25) is 0 Å². The molecule has 0 unspecified atom stereocenters. The van der Waals surface area contributed by atoms with Crippen LogP contribution in [0.15, 0.2) is 48.7 Å². The average molecular weight is 753 g/mol. The topological polar surface area (TPSA) is 113 Å². The van der Waals surface area contributed by atoms with Gasteiger partial charge in [-0.1, -0.05) is 12.0 Å². The molecular formula is C40H36F4N8O3. The molecule has 4 saturated heterocycles. The zero-order valence-corrected chi connectivity index (χ0v) is 29.9. The molecule has 0 saturated carbocycles. The third-order valence-electron chi connectivity index (χ3n) is 11.7. The normalized spacial score (nSPS) is 23.9. The van der Waals surface area contributed by atoms with Crippen molar-refractivity contribution in [1.82, 2.24) is 34.3 Å². The number of carbonyl (C=O) groups excluding carboxylic acids is 1. The van der Waals surface area contributed by atoms with Gasteiger partial charge in [0.25, 0.3) is 5.91 Å². The number of aromatic nitrogens is 5. The summed E-state index contributed by atoms with van der Waals surface area (Å²) in [4.78, 5) is 36.9. The van der Waals surface area contributed by atoms with Crippen molar-refractivity contribution in [3.05, 3.63) is 71.7 Å². The molecule has 4 atom stereocenters. The van der Waals surface area contributed by atoms with Crippen molar-refractivity contribution in [3.63, 3.8) is 0 Å². The average Bonchev–Trinajstić information content (AvgIpc) is 3.90. The van der Waals surface area contributed by atoms with Gasteiger partial charge in [-0.15, -0.1) is 6.42 Å². The van der Waals surface area contributed by atoms with E-state index in [-0.39, 0.29) is 76.7 Å². The van der Waals surface area contributed by atoms with Gasteiger partial charge in [0.2, 0.25) is 0 Å². The van der Waals surface area contributed by atoms with E-state index in [0.29, 0.717) is 42.8 Å². The molecule has 15 heteroatoms. The maximum atomic E-state index is 17.1. The van der Waals surface area contributed by atoms with E-state index in [4.69, 9.17) is 16.1 Å². The summed E-state index contributed by atoms with van der Waals surface area (Å²) in [7, 11) is 1.71. The first kappa shape index (κ1) is 35.0. The van der Waals surface area contributed by atoms with E-state index in [0.717, 1.165) is 25.5 Å². The number of phenols is 1. The Hall–Kier alpha value is -5.75. The van der Waals surface area contributed by atoms with E-state index >= 15 is 8.78 Å². The van der Waals surface area contributed by atoms with Crippen molar-refractivity contribution < 1.29 is 32.2 Å². The molecule has 2 bridgehead atoms. The number of hydrogen-bond acceptors (Lipinski definition) is 9. The van der Waals surface area contributed by atoms with Gasteiger partial charge >= 0.3 is 6.01 Å². The number of halogens is 4. The number of fused-ring (bicyclic) bond motifs is 5. The molecule has 7 heterocycles. The van der Waals surface area contributed by atoms with E-state index in [1.807, 2.05) is 4.90 Å². The molecule has 4 fully saturated rings. The summed E-state index contributed by atoms with van der Waals surface area (Å²) in [5.41, 5.74) is -0.957. The lowest BCUT2D eigenvalue weighted by molar-refractivity contribution is -0.131. The van der Waals surface area contributed by atoms with E-state index in [2.05, 4.69) is 25.8 Å². The van der Waals surface area contributed by atoms with Crippen LogP contribution in [-0.4, -0.2) is 102 Å². The number of alkyl halides is 1. The van der Waals surface area contributed by atoms with Gasteiger partial charge in [-0.2, -0.15) is 9.97 Å². The SMILES string of the molecule is C#Cc1c(F)ccc2cc(O)cc(-c3ncc4c(N5C[C@H]6CC[C@@H](C5)N6C(=O)/C(F)=C/c5nccn5C)nc(OC[C@@]56CCCN5C[C@H](F)C6)nc4c3F)c12. The number of piperazine rings is 1. The van der Waals surface area contributed by atoms with Gasteiger partial charge in [0.1, 0.15) is 47.2 Å². The largest absolute Gasteiger partial charge is 0.508 e. The molecule has 0 radical (unpaired) electrons. The molecule has 3 aromatic heterocycles. The van der Waals surface area contributed by atoms with Gasteiger partial charge < -0.3 is 24.2 Å². The molecule has 1 amide bonds. The predicted molar refractivity (Wildman–Crippen MR) is 196 cm³/mol. The van der Waals surface area contributed by atoms with Crippen LogP contribution in [0.3, 0.4) is 0 Å². The molecule has 0 aliphatic carbocycles. The molecule has 4 aliphatic heterocycles. The molecule has 2 aromatic carbocycles. The van der Waals surface area contributed by atoms with Gasteiger partial charge in [-0.3, -0.25) is 14.7 Å². The fraction of sp³-hybridized carbons (Fsp3) is 0.375. The summed E-state index contributed by atoms with van der Waals surface area (Å²) >= 11 is 0. The van der Waals surface area contributed by atoms with Gasteiger partial charge in [0, 0.05) is 68.7 Å². The first-order chi connectivity index (χ1) is 26.5. The fourth-order valence-electron chi connectivity index (χ4n) is 9.14. The number of carbonyl (C=O) groups is 1. The van der Waals surface area contributed by atoms with Crippen LogP contribution >= 0.6 is 0 Å². The molecular weight excluding hydrogens is 716 g/mol. The number of imidazole rings is 1.